The number of benzene rings is 1. The molecule has 0 saturated carbocycles. The van der Waals surface area contributed by atoms with Gasteiger partial charge in [-0.15, -0.1) is 0 Å². The van der Waals surface area contributed by atoms with Crippen LogP contribution in [0.4, 0.5) is 5.69 Å². The molecule has 1 fully saturated rings. The highest BCUT2D eigenvalue weighted by atomic mass is 16.5. The van der Waals surface area contributed by atoms with Crippen LogP contribution in [0.5, 0.6) is 5.75 Å². The topological polar surface area (TPSA) is 82.3 Å². The smallest absolute Gasteiger partial charge is 0.254 e. The molecule has 1 saturated heterocycles. The maximum atomic E-state index is 12.3. The van der Waals surface area contributed by atoms with Gasteiger partial charge in [0.25, 0.3) is 5.91 Å². The van der Waals surface area contributed by atoms with Gasteiger partial charge in [-0.2, -0.15) is 0 Å². The predicted molar refractivity (Wildman–Crippen MR) is 119 cm³/mol. The third-order valence-corrected chi connectivity index (χ3v) is 5.90. The number of piperidine rings is 1. The molecule has 3 aromatic rings. The Morgan fingerprint density at radius 2 is 2.00 bits per heavy atom. The number of ether oxygens (including phenoxy) is 1. The van der Waals surface area contributed by atoms with Gasteiger partial charge in [-0.3, -0.25) is 9.69 Å². The molecule has 1 aromatic carbocycles. The summed E-state index contributed by atoms with van der Waals surface area (Å²) in [6, 6.07) is 10.3. The van der Waals surface area contributed by atoms with Gasteiger partial charge in [0.1, 0.15) is 11.4 Å². The van der Waals surface area contributed by atoms with Crippen molar-refractivity contribution >= 4 is 22.6 Å². The third-order valence-electron chi connectivity index (χ3n) is 5.90. The average molecular weight is 408 g/mol. The van der Waals surface area contributed by atoms with Gasteiger partial charge in [-0.25, -0.2) is 4.98 Å². The lowest BCUT2D eigenvalue weighted by Crippen LogP contribution is -2.35. The van der Waals surface area contributed by atoms with E-state index >= 15 is 0 Å². The number of pyridine rings is 1. The van der Waals surface area contributed by atoms with Crippen LogP contribution in [0, 0.1) is 5.92 Å². The van der Waals surface area contributed by atoms with Gasteiger partial charge < -0.3 is 20.4 Å². The van der Waals surface area contributed by atoms with Gasteiger partial charge in [-0.1, -0.05) is 12.1 Å². The molecule has 1 amide bonds. The first-order valence-electron chi connectivity index (χ1n) is 10.4. The molecule has 1 aliphatic rings. The minimum absolute atomic E-state index is 0.123. The number of fused-ring (bicyclic) bond motifs is 1. The maximum absolute atomic E-state index is 12.3. The number of rotatable bonds is 7. The molecular weight excluding hydrogens is 378 g/mol. The minimum Gasteiger partial charge on any atom is -0.497 e. The van der Waals surface area contributed by atoms with E-state index < -0.39 is 0 Å². The van der Waals surface area contributed by atoms with Crippen LogP contribution in [0.25, 0.3) is 11.0 Å². The summed E-state index contributed by atoms with van der Waals surface area (Å²) in [5, 5.41) is 7.21. The number of hydrogen-bond donors (Lipinski definition) is 3. The van der Waals surface area contributed by atoms with Crippen LogP contribution < -0.4 is 15.4 Å². The summed E-state index contributed by atoms with van der Waals surface area (Å²) in [5.74, 6) is 1.35. The molecule has 0 unspecified atom stereocenters. The van der Waals surface area contributed by atoms with Gasteiger partial charge in [0.15, 0.2) is 0 Å². The molecule has 7 heteroatoms. The molecule has 2 aromatic heterocycles. The molecule has 0 radical (unpaired) electrons. The minimum atomic E-state index is -0.123. The lowest BCUT2D eigenvalue weighted by atomic mass is 9.96. The van der Waals surface area contributed by atoms with Crippen molar-refractivity contribution in [3.05, 3.63) is 53.9 Å². The molecule has 158 valence electrons. The largest absolute Gasteiger partial charge is 0.497 e. The number of nitrogens with zero attached hydrogens (tertiary/aromatic N) is 2. The van der Waals surface area contributed by atoms with Crippen molar-refractivity contribution < 1.29 is 9.53 Å². The summed E-state index contributed by atoms with van der Waals surface area (Å²) in [6.45, 7) is 3.98. The van der Waals surface area contributed by atoms with Crippen molar-refractivity contribution in [1.29, 1.82) is 0 Å². The number of amides is 1. The lowest BCUT2D eigenvalue weighted by molar-refractivity contribution is 0.0963. The van der Waals surface area contributed by atoms with Crippen molar-refractivity contribution in [3.63, 3.8) is 0 Å². The number of aromatic amines is 1. The first-order chi connectivity index (χ1) is 14.7. The van der Waals surface area contributed by atoms with E-state index in [1.165, 1.54) is 5.56 Å². The maximum Gasteiger partial charge on any atom is 0.254 e. The Morgan fingerprint density at radius 3 is 2.70 bits per heavy atom. The molecule has 3 heterocycles. The summed E-state index contributed by atoms with van der Waals surface area (Å²) < 4.78 is 5.24. The van der Waals surface area contributed by atoms with Gasteiger partial charge in [-0.05, 0) is 55.6 Å². The van der Waals surface area contributed by atoms with Crippen LogP contribution in [-0.4, -0.2) is 54.6 Å². The Morgan fingerprint density at radius 1 is 1.23 bits per heavy atom. The van der Waals surface area contributed by atoms with Crippen molar-refractivity contribution in [1.82, 2.24) is 20.2 Å². The fourth-order valence-electron chi connectivity index (χ4n) is 4.09. The van der Waals surface area contributed by atoms with E-state index in [0.29, 0.717) is 11.5 Å². The van der Waals surface area contributed by atoms with Crippen molar-refractivity contribution in [2.24, 2.45) is 5.92 Å². The van der Waals surface area contributed by atoms with Crippen molar-refractivity contribution in [2.75, 3.05) is 39.1 Å². The molecule has 0 bridgehead atoms. The number of anilines is 1. The van der Waals surface area contributed by atoms with Crippen molar-refractivity contribution in [3.8, 4) is 5.75 Å². The van der Waals surface area contributed by atoms with E-state index in [4.69, 9.17) is 4.74 Å². The summed E-state index contributed by atoms with van der Waals surface area (Å²) in [6.07, 6.45) is 5.77. The molecule has 7 nitrogen and oxygen atoms in total. The summed E-state index contributed by atoms with van der Waals surface area (Å²) in [5.41, 5.74) is 3.55. The van der Waals surface area contributed by atoms with E-state index in [1.54, 1.807) is 20.4 Å². The molecule has 3 N–H and O–H groups in total. The number of H-pyrrole nitrogens is 1. The Kier molecular flexibility index (Phi) is 6.18. The zero-order valence-electron chi connectivity index (χ0n) is 17.6. The fraction of sp³-hybridized carbons (Fsp3) is 0.391. The van der Waals surface area contributed by atoms with E-state index in [9.17, 15) is 4.79 Å². The summed E-state index contributed by atoms with van der Waals surface area (Å²) in [7, 11) is 3.34. The lowest BCUT2D eigenvalue weighted by Gasteiger charge is -2.32. The predicted octanol–water partition coefficient (Wildman–Crippen LogP) is 3.26. The van der Waals surface area contributed by atoms with Crippen LogP contribution in [0.2, 0.25) is 0 Å². The highest BCUT2D eigenvalue weighted by molar-refractivity contribution is 6.06. The molecule has 1 aliphatic heterocycles. The van der Waals surface area contributed by atoms with Gasteiger partial charge in [0.2, 0.25) is 0 Å². The Bertz CT molecular complexity index is 991. The van der Waals surface area contributed by atoms with Crippen LogP contribution in [0.1, 0.15) is 28.8 Å². The monoisotopic (exact) mass is 407 g/mol. The Labute approximate surface area is 176 Å². The molecule has 0 spiro atoms. The van der Waals surface area contributed by atoms with E-state index in [-0.39, 0.29) is 5.91 Å². The second-order valence-electron chi connectivity index (χ2n) is 7.81. The van der Waals surface area contributed by atoms with E-state index in [2.05, 4.69) is 37.6 Å². The molecular formula is C23H29N5O2. The zero-order valence-corrected chi connectivity index (χ0v) is 17.6. The number of carbonyl (C=O) groups is 1. The Balaban J connectivity index is 1.34. The second kappa shape index (κ2) is 9.17. The SMILES string of the molecule is CNC(=O)c1cnc2[nH]ccc2c1NCC1CCN(Cc2ccc(OC)cc2)CC1. The fourth-order valence-corrected chi connectivity index (χ4v) is 4.09. The quantitative estimate of drug-likeness (QED) is 0.560. The van der Waals surface area contributed by atoms with E-state index in [0.717, 1.165) is 61.5 Å². The molecule has 30 heavy (non-hydrogen) atoms. The first kappa shape index (κ1) is 20.2. The molecule has 0 aliphatic carbocycles. The summed E-state index contributed by atoms with van der Waals surface area (Å²) >= 11 is 0. The number of methoxy groups -OCH3 is 1. The number of likely N-dealkylation sites (tertiary alicyclic amines) is 1. The van der Waals surface area contributed by atoms with Crippen LogP contribution in [0.15, 0.2) is 42.7 Å². The standard InChI is InChI=1S/C23H29N5O2/c1-24-23(29)20-14-27-22-19(7-10-25-22)21(20)26-13-16-8-11-28(12-9-16)15-17-3-5-18(30-2)6-4-17/h3-7,10,14,16H,8-9,11-13,15H2,1-2H3,(H,24,29)(H2,25,26,27). The number of aromatic nitrogens is 2. The van der Waals surface area contributed by atoms with E-state index in [1.807, 2.05) is 24.4 Å². The van der Waals surface area contributed by atoms with Crippen molar-refractivity contribution in [2.45, 2.75) is 19.4 Å². The van der Waals surface area contributed by atoms with Crippen LogP contribution in [-0.2, 0) is 6.54 Å². The van der Waals surface area contributed by atoms with Gasteiger partial charge in [0, 0.05) is 37.9 Å². The summed E-state index contributed by atoms with van der Waals surface area (Å²) in [4.78, 5) is 22.3. The number of hydrogen-bond acceptors (Lipinski definition) is 5. The first-order valence-corrected chi connectivity index (χ1v) is 10.4. The van der Waals surface area contributed by atoms with Gasteiger partial charge >= 0.3 is 0 Å². The molecule has 4 rings (SSSR count). The second-order valence-corrected chi connectivity index (χ2v) is 7.81. The number of carbonyl (C=O) groups excluding carboxylic acids is 1. The average Bonchev–Trinajstić information content (AvgIpc) is 3.27. The third kappa shape index (κ3) is 4.41. The van der Waals surface area contributed by atoms with Crippen LogP contribution in [0.3, 0.4) is 0 Å². The normalized spacial score (nSPS) is 15.3. The highest BCUT2D eigenvalue weighted by Crippen LogP contribution is 2.27. The zero-order chi connectivity index (χ0) is 20.9. The Hall–Kier alpha value is -3.06. The number of nitrogens with one attached hydrogen (secondary N) is 3. The molecule has 0 atom stereocenters. The van der Waals surface area contributed by atoms with Crippen LogP contribution >= 0.6 is 0 Å². The highest BCUT2D eigenvalue weighted by Gasteiger charge is 2.21. The van der Waals surface area contributed by atoms with Gasteiger partial charge in [0.05, 0.1) is 18.4 Å².